The highest BCUT2D eigenvalue weighted by Gasteiger charge is 2.50. The van der Waals surface area contributed by atoms with E-state index in [1.165, 1.54) is 29.5 Å². The highest BCUT2D eigenvalue weighted by atomic mass is 16.3. The number of rotatable bonds is 4. The molecule has 2 saturated carbocycles. The molecule has 0 spiro atoms. The van der Waals surface area contributed by atoms with Crippen LogP contribution in [0.5, 0.6) is 0 Å². The molecule has 5 heteroatoms. The van der Waals surface area contributed by atoms with Crippen molar-refractivity contribution >= 4 is 23.5 Å². The summed E-state index contributed by atoms with van der Waals surface area (Å²) in [6.07, 6.45) is 11.5. The molecule has 1 saturated heterocycles. The predicted molar refractivity (Wildman–Crippen MR) is 133 cm³/mol. The number of aliphatic hydroxyl groups is 1. The van der Waals surface area contributed by atoms with Gasteiger partial charge in [0.2, 0.25) is 0 Å². The summed E-state index contributed by atoms with van der Waals surface area (Å²) >= 11 is 0. The lowest BCUT2D eigenvalue weighted by Crippen LogP contribution is -2.53. The first-order valence-electron chi connectivity index (χ1n) is 12.4. The second kappa shape index (κ2) is 8.24. The van der Waals surface area contributed by atoms with Crippen molar-refractivity contribution in [2.45, 2.75) is 37.7 Å². The maximum Gasteiger partial charge on any atom is 0.254 e. The fourth-order valence-corrected chi connectivity index (χ4v) is 5.15. The second-order valence-electron chi connectivity index (χ2n) is 10.1. The van der Waals surface area contributed by atoms with Gasteiger partial charge in [-0.3, -0.25) is 9.59 Å². The van der Waals surface area contributed by atoms with Crippen molar-refractivity contribution in [3.63, 3.8) is 0 Å². The molecule has 1 aliphatic heterocycles. The Balaban J connectivity index is 1.14. The molecule has 0 bridgehead atoms. The van der Waals surface area contributed by atoms with Gasteiger partial charge in [-0.15, -0.1) is 0 Å². The molecule has 0 atom stereocenters. The molecule has 34 heavy (non-hydrogen) atoms. The number of amides is 2. The zero-order valence-electron chi connectivity index (χ0n) is 19.4. The van der Waals surface area contributed by atoms with Gasteiger partial charge in [-0.2, -0.15) is 0 Å². The molecule has 1 N–H and O–H groups in total. The maximum atomic E-state index is 13.0. The molecule has 174 valence electrons. The topological polar surface area (TPSA) is 60.9 Å². The quantitative estimate of drug-likeness (QED) is 0.746. The van der Waals surface area contributed by atoms with Crippen molar-refractivity contribution < 1.29 is 14.7 Å². The molecule has 3 aliphatic carbocycles. The average molecular weight is 455 g/mol. The number of carbonyl (C=O) groups excluding carboxylic acids is 2. The number of nitrogens with zero attached hydrogens (tertiary/aromatic N) is 2. The van der Waals surface area contributed by atoms with Crippen LogP contribution >= 0.6 is 0 Å². The average Bonchev–Trinajstić information content (AvgIpc) is 3.79. The zero-order valence-corrected chi connectivity index (χ0v) is 19.4. The van der Waals surface area contributed by atoms with Crippen LogP contribution in [0.1, 0.15) is 53.6 Å². The van der Waals surface area contributed by atoms with Crippen LogP contribution in [-0.2, 0) is 4.79 Å². The second-order valence-corrected chi connectivity index (χ2v) is 10.1. The van der Waals surface area contributed by atoms with E-state index >= 15 is 0 Å². The molecule has 0 aromatic heterocycles. The Bertz CT molecular complexity index is 1190. The van der Waals surface area contributed by atoms with E-state index in [1.807, 2.05) is 24.3 Å². The van der Waals surface area contributed by atoms with E-state index < -0.39 is 5.60 Å². The summed E-state index contributed by atoms with van der Waals surface area (Å²) in [4.78, 5) is 28.8. The lowest BCUT2D eigenvalue weighted by atomic mass is 9.93. The number of benzene rings is 2. The lowest BCUT2D eigenvalue weighted by molar-refractivity contribution is -0.143. The molecule has 5 nitrogen and oxygen atoms in total. The minimum Gasteiger partial charge on any atom is -0.380 e. The number of piperazine rings is 1. The standard InChI is InChI=1S/C29H30N2O3/c32-27(30-15-17-31(18-16-30)28(33)29(34)13-14-29)22-9-5-20(6-10-22)23-11-12-26-24(19-23)3-1-2-4-25(26)21-7-8-21/h1,3-6,9-12,19,21,34H,2,7-8,13-18H2. The molecular formula is C29H30N2O3. The molecule has 0 unspecified atom stereocenters. The first-order valence-corrected chi connectivity index (χ1v) is 12.4. The number of carbonyl (C=O) groups is 2. The number of hydrogen-bond donors (Lipinski definition) is 1. The highest BCUT2D eigenvalue weighted by Crippen LogP contribution is 2.44. The van der Waals surface area contributed by atoms with Crippen LogP contribution in [0.4, 0.5) is 0 Å². The zero-order chi connectivity index (χ0) is 23.3. The van der Waals surface area contributed by atoms with Crippen LogP contribution in [0.15, 0.2) is 54.6 Å². The van der Waals surface area contributed by atoms with Crippen LogP contribution in [0.2, 0.25) is 0 Å². The molecule has 1 heterocycles. The monoisotopic (exact) mass is 454 g/mol. The molecule has 4 aliphatic rings. The van der Waals surface area contributed by atoms with Crippen molar-refractivity contribution in [2.24, 2.45) is 5.92 Å². The molecule has 2 aromatic carbocycles. The van der Waals surface area contributed by atoms with Crippen LogP contribution in [0, 0.1) is 5.92 Å². The largest absolute Gasteiger partial charge is 0.380 e. The summed E-state index contributed by atoms with van der Waals surface area (Å²) in [5, 5.41) is 10.1. The van der Waals surface area contributed by atoms with Crippen LogP contribution in [-0.4, -0.2) is 58.5 Å². The van der Waals surface area contributed by atoms with E-state index in [0.29, 0.717) is 44.6 Å². The van der Waals surface area contributed by atoms with E-state index in [1.54, 1.807) is 9.80 Å². The van der Waals surface area contributed by atoms with Crippen molar-refractivity contribution in [1.29, 1.82) is 0 Å². The van der Waals surface area contributed by atoms with Gasteiger partial charge >= 0.3 is 0 Å². The Hall–Kier alpha value is -3.18. The predicted octanol–water partition coefficient (Wildman–Crippen LogP) is 4.37. The number of hydrogen-bond acceptors (Lipinski definition) is 3. The van der Waals surface area contributed by atoms with Gasteiger partial charge in [-0.05, 0) is 84.0 Å². The molecule has 6 rings (SSSR count). The first-order chi connectivity index (χ1) is 16.5. The van der Waals surface area contributed by atoms with E-state index in [2.05, 4.69) is 36.4 Å². The third-order valence-corrected chi connectivity index (χ3v) is 7.59. The fourth-order valence-electron chi connectivity index (χ4n) is 5.15. The molecule has 2 aromatic rings. The number of fused-ring (bicyclic) bond motifs is 1. The van der Waals surface area contributed by atoms with E-state index in [9.17, 15) is 14.7 Å². The Morgan fingerprint density at radius 2 is 1.56 bits per heavy atom. The van der Waals surface area contributed by atoms with E-state index in [0.717, 1.165) is 23.5 Å². The van der Waals surface area contributed by atoms with Crippen LogP contribution in [0.3, 0.4) is 0 Å². The van der Waals surface area contributed by atoms with Gasteiger partial charge in [0, 0.05) is 31.7 Å². The van der Waals surface area contributed by atoms with Crippen molar-refractivity contribution in [3.8, 4) is 11.1 Å². The minimum absolute atomic E-state index is 0.00661. The van der Waals surface area contributed by atoms with Gasteiger partial charge in [-0.1, -0.05) is 42.5 Å². The fraction of sp³-hybridized carbons (Fsp3) is 0.379. The van der Waals surface area contributed by atoms with E-state index in [-0.39, 0.29) is 11.8 Å². The summed E-state index contributed by atoms with van der Waals surface area (Å²) in [6, 6.07) is 14.6. The van der Waals surface area contributed by atoms with Crippen LogP contribution in [0.25, 0.3) is 22.8 Å². The normalized spacial score (nSPS) is 20.9. The Morgan fingerprint density at radius 3 is 2.24 bits per heavy atom. The van der Waals surface area contributed by atoms with Gasteiger partial charge in [-0.25, -0.2) is 0 Å². The van der Waals surface area contributed by atoms with Crippen molar-refractivity contribution in [2.75, 3.05) is 26.2 Å². The van der Waals surface area contributed by atoms with Gasteiger partial charge in [0.15, 0.2) is 0 Å². The SMILES string of the molecule is O=C(c1ccc(-c2ccc3c(c2)C=CCC=C3C2CC2)cc1)N1CCN(C(=O)C2(O)CC2)CC1. The van der Waals surface area contributed by atoms with Crippen LogP contribution < -0.4 is 0 Å². The molecule has 2 amide bonds. The van der Waals surface area contributed by atoms with Crippen molar-refractivity contribution in [1.82, 2.24) is 9.80 Å². The highest BCUT2D eigenvalue weighted by molar-refractivity contribution is 5.95. The summed E-state index contributed by atoms with van der Waals surface area (Å²) in [5.74, 6) is 0.542. The maximum absolute atomic E-state index is 13.0. The molecule has 3 fully saturated rings. The van der Waals surface area contributed by atoms with Crippen molar-refractivity contribution in [3.05, 3.63) is 71.3 Å². The molecular weight excluding hydrogens is 424 g/mol. The van der Waals surface area contributed by atoms with Gasteiger partial charge < -0.3 is 14.9 Å². The minimum atomic E-state index is -1.14. The summed E-state index contributed by atoms with van der Waals surface area (Å²) < 4.78 is 0. The molecule has 0 radical (unpaired) electrons. The third-order valence-electron chi connectivity index (χ3n) is 7.59. The summed E-state index contributed by atoms with van der Waals surface area (Å²) in [6.45, 7) is 1.95. The smallest absolute Gasteiger partial charge is 0.254 e. The Labute approximate surface area is 200 Å². The number of allylic oxidation sites excluding steroid dienone is 3. The van der Waals surface area contributed by atoms with E-state index in [4.69, 9.17) is 0 Å². The lowest BCUT2D eigenvalue weighted by Gasteiger charge is -2.35. The summed E-state index contributed by atoms with van der Waals surface area (Å²) in [5.41, 5.74) is 5.92. The van der Waals surface area contributed by atoms with Gasteiger partial charge in [0.1, 0.15) is 5.60 Å². The van der Waals surface area contributed by atoms with Gasteiger partial charge in [0.25, 0.3) is 11.8 Å². The third kappa shape index (κ3) is 3.98. The first kappa shape index (κ1) is 21.4. The summed E-state index contributed by atoms with van der Waals surface area (Å²) in [7, 11) is 0. The van der Waals surface area contributed by atoms with Gasteiger partial charge in [0.05, 0.1) is 0 Å². The Kier molecular flexibility index (Phi) is 5.18. The Morgan fingerprint density at radius 1 is 0.882 bits per heavy atom.